The number of anilines is 1. The van der Waals surface area contributed by atoms with Gasteiger partial charge in [-0.25, -0.2) is 17.5 Å². The molecule has 118 valence electrons. The highest BCUT2D eigenvalue weighted by Crippen LogP contribution is 2.31. The van der Waals surface area contributed by atoms with Gasteiger partial charge in [0.25, 0.3) is 0 Å². The topological polar surface area (TPSA) is 72.2 Å². The molecule has 0 spiro atoms. The molecule has 1 aliphatic rings. The van der Waals surface area contributed by atoms with Gasteiger partial charge in [0.05, 0.1) is 4.47 Å². The Balaban J connectivity index is 2.27. The molecule has 1 aliphatic carbocycles. The maximum absolute atomic E-state index is 14.1. The van der Waals surface area contributed by atoms with Crippen LogP contribution in [0.1, 0.15) is 33.1 Å². The predicted octanol–water partition coefficient (Wildman–Crippen LogP) is 3.27. The number of nitrogens with two attached hydrogens (primary N) is 1. The van der Waals surface area contributed by atoms with E-state index in [1.807, 2.05) is 6.92 Å². The van der Waals surface area contributed by atoms with E-state index in [9.17, 15) is 12.8 Å². The maximum Gasteiger partial charge on any atom is 0.243 e. The third-order valence-corrected chi connectivity index (χ3v) is 6.11. The summed E-state index contributed by atoms with van der Waals surface area (Å²) in [5.41, 5.74) is 5.82. The zero-order valence-corrected chi connectivity index (χ0v) is 14.5. The summed E-state index contributed by atoms with van der Waals surface area (Å²) in [5, 5.41) is 0. The number of benzene rings is 1. The zero-order chi connectivity index (χ0) is 15.8. The van der Waals surface area contributed by atoms with Gasteiger partial charge in [-0.05, 0) is 59.2 Å². The lowest BCUT2D eigenvalue weighted by Crippen LogP contribution is -2.42. The fourth-order valence-electron chi connectivity index (χ4n) is 2.88. The van der Waals surface area contributed by atoms with E-state index < -0.39 is 20.7 Å². The molecular formula is C14H20BrFN2O2S. The third-order valence-electron chi connectivity index (χ3n) is 4.04. The smallest absolute Gasteiger partial charge is 0.243 e. The third kappa shape index (κ3) is 3.76. The second-order valence-corrected chi connectivity index (χ2v) is 8.47. The Morgan fingerprint density at radius 2 is 2.00 bits per heavy atom. The van der Waals surface area contributed by atoms with Crippen LogP contribution in [0.5, 0.6) is 0 Å². The Morgan fingerprint density at radius 1 is 1.33 bits per heavy atom. The second-order valence-electron chi connectivity index (χ2n) is 5.94. The van der Waals surface area contributed by atoms with Crippen LogP contribution in [0, 0.1) is 17.7 Å². The van der Waals surface area contributed by atoms with Crippen LogP contribution >= 0.6 is 15.9 Å². The number of hydrogen-bond acceptors (Lipinski definition) is 3. The molecule has 0 bridgehead atoms. The van der Waals surface area contributed by atoms with Gasteiger partial charge in [-0.1, -0.05) is 13.8 Å². The molecule has 0 saturated heterocycles. The number of nitrogen functional groups attached to an aromatic ring is 1. The van der Waals surface area contributed by atoms with Crippen molar-refractivity contribution < 1.29 is 12.8 Å². The lowest BCUT2D eigenvalue weighted by molar-refractivity contribution is 0.249. The minimum absolute atomic E-state index is 0.0492. The van der Waals surface area contributed by atoms with Crippen LogP contribution in [-0.2, 0) is 10.0 Å². The Bertz CT molecular complexity index is 636. The van der Waals surface area contributed by atoms with E-state index in [1.165, 1.54) is 6.07 Å². The van der Waals surface area contributed by atoms with Crippen molar-refractivity contribution in [2.75, 3.05) is 5.73 Å². The van der Waals surface area contributed by atoms with E-state index in [0.717, 1.165) is 25.3 Å². The highest BCUT2D eigenvalue weighted by Gasteiger charge is 2.31. The van der Waals surface area contributed by atoms with E-state index in [0.29, 0.717) is 5.92 Å². The summed E-state index contributed by atoms with van der Waals surface area (Å²) in [6, 6.07) is 2.34. The summed E-state index contributed by atoms with van der Waals surface area (Å²) >= 11 is 2.99. The molecule has 1 aromatic carbocycles. The molecule has 0 heterocycles. The predicted molar refractivity (Wildman–Crippen MR) is 84.8 cm³/mol. The van der Waals surface area contributed by atoms with E-state index in [1.54, 1.807) is 0 Å². The van der Waals surface area contributed by atoms with Gasteiger partial charge in [0.15, 0.2) is 5.82 Å². The van der Waals surface area contributed by atoms with Crippen LogP contribution in [0.25, 0.3) is 0 Å². The first-order chi connectivity index (χ1) is 9.70. The van der Waals surface area contributed by atoms with Crippen LogP contribution in [0.4, 0.5) is 10.1 Å². The van der Waals surface area contributed by atoms with E-state index in [-0.39, 0.29) is 22.1 Å². The summed E-state index contributed by atoms with van der Waals surface area (Å²) in [4.78, 5) is -0.403. The molecule has 21 heavy (non-hydrogen) atoms. The summed E-state index contributed by atoms with van der Waals surface area (Å²) in [5.74, 6) is 0.0172. The van der Waals surface area contributed by atoms with Gasteiger partial charge in [-0.3, -0.25) is 0 Å². The van der Waals surface area contributed by atoms with Crippen molar-refractivity contribution in [1.82, 2.24) is 4.72 Å². The van der Waals surface area contributed by atoms with Gasteiger partial charge >= 0.3 is 0 Å². The van der Waals surface area contributed by atoms with Gasteiger partial charge in [-0.15, -0.1) is 0 Å². The van der Waals surface area contributed by atoms with Crippen molar-refractivity contribution in [2.24, 2.45) is 11.8 Å². The number of hydrogen-bond donors (Lipinski definition) is 2. The average Bonchev–Trinajstić information content (AvgIpc) is 2.37. The summed E-state index contributed by atoms with van der Waals surface area (Å²) < 4.78 is 41.6. The first-order valence-corrected chi connectivity index (χ1v) is 9.25. The molecule has 3 atom stereocenters. The Hall–Kier alpha value is -0.660. The molecule has 0 radical (unpaired) electrons. The van der Waals surface area contributed by atoms with Crippen molar-refractivity contribution >= 4 is 31.6 Å². The van der Waals surface area contributed by atoms with Gasteiger partial charge in [-0.2, -0.15) is 0 Å². The quantitative estimate of drug-likeness (QED) is 0.792. The monoisotopic (exact) mass is 378 g/mol. The highest BCUT2D eigenvalue weighted by atomic mass is 79.9. The Morgan fingerprint density at radius 3 is 2.62 bits per heavy atom. The fourth-order valence-corrected chi connectivity index (χ4v) is 5.00. The summed E-state index contributed by atoms with van der Waals surface area (Å²) in [6.45, 7) is 4.18. The van der Waals surface area contributed by atoms with Crippen molar-refractivity contribution in [3.8, 4) is 0 Å². The van der Waals surface area contributed by atoms with Crippen LogP contribution in [0.3, 0.4) is 0 Å². The molecule has 3 N–H and O–H groups in total. The molecule has 0 aliphatic heterocycles. The standard InChI is InChI=1S/C14H20BrFN2O2S/c1-8-3-4-12(9(2)5-8)18-21(19,20)13-7-10(17)6-11(15)14(13)16/h6-9,12,18H,3-5,17H2,1-2H3. The second kappa shape index (κ2) is 6.22. The molecule has 7 heteroatoms. The molecule has 1 saturated carbocycles. The largest absolute Gasteiger partial charge is 0.399 e. The molecule has 1 aromatic rings. The minimum atomic E-state index is -3.92. The molecule has 0 aromatic heterocycles. The van der Waals surface area contributed by atoms with E-state index in [4.69, 9.17) is 5.73 Å². The minimum Gasteiger partial charge on any atom is -0.399 e. The lowest BCUT2D eigenvalue weighted by atomic mass is 9.80. The highest BCUT2D eigenvalue weighted by molar-refractivity contribution is 9.10. The number of sulfonamides is 1. The molecule has 2 rings (SSSR count). The van der Waals surface area contributed by atoms with Crippen LogP contribution in [0.2, 0.25) is 0 Å². The van der Waals surface area contributed by atoms with Crippen molar-refractivity contribution in [3.63, 3.8) is 0 Å². The van der Waals surface area contributed by atoms with E-state index in [2.05, 4.69) is 27.6 Å². The summed E-state index contributed by atoms with van der Waals surface area (Å²) in [6.07, 6.45) is 2.71. The number of halogens is 2. The average molecular weight is 379 g/mol. The summed E-state index contributed by atoms with van der Waals surface area (Å²) in [7, 11) is -3.92. The number of nitrogens with one attached hydrogen (secondary N) is 1. The van der Waals surface area contributed by atoms with Crippen LogP contribution in [0.15, 0.2) is 21.5 Å². The lowest BCUT2D eigenvalue weighted by Gasteiger charge is -2.32. The van der Waals surface area contributed by atoms with Crippen molar-refractivity contribution in [2.45, 2.75) is 44.0 Å². The number of rotatable bonds is 3. The molecule has 1 fully saturated rings. The fraction of sp³-hybridized carbons (Fsp3) is 0.571. The van der Waals surface area contributed by atoms with E-state index >= 15 is 0 Å². The zero-order valence-electron chi connectivity index (χ0n) is 12.1. The Kier molecular flexibility index (Phi) is 4.95. The van der Waals surface area contributed by atoms with Gasteiger partial charge < -0.3 is 5.73 Å². The molecular weight excluding hydrogens is 359 g/mol. The van der Waals surface area contributed by atoms with Gasteiger partial charge in [0.1, 0.15) is 4.90 Å². The van der Waals surface area contributed by atoms with Crippen molar-refractivity contribution in [3.05, 3.63) is 22.4 Å². The Labute approximate surface area is 133 Å². The van der Waals surface area contributed by atoms with Crippen molar-refractivity contribution in [1.29, 1.82) is 0 Å². The van der Waals surface area contributed by atoms with Gasteiger partial charge in [0.2, 0.25) is 10.0 Å². The van der Waals surface area contributed by atoms with Crippen LogP contribution < -0.4 is 10.5 Å². The normalized spacial score (nSPS) is 26.8. The molecule has 3 unspecified atom stereocenters. The SMILES string of the molecule is CC1CCC(NS(=O)(=O)c2cc(N)cc(Br)c2F)C(C)C1. The maximum atomic E-state index is 14.1. The van der Waals surface area contributed by atoms with Gasteiger partial charge in [0, 0.05) is 11.7 Å². The first kappa shape index (κ1) is 16.7. The first-order valence-electron chi connectivity index (χ1n) is 6.97. The van der Waals surface area contributed by atoms with Crippen LogP contribution in [-0.4, -0.2) is 14.5 Å². The molecule has 4 nitrogen and oxygen atoms in total. The molecule has 0 amide bonds.